The standard InChI is InChI=1S/C27H37BrN6/c1-4-27(2,3)21-7-8-22(14-21)33-12-9-20(10-13-33)24-15-25(30-17-19-6-5-11-29-16-19)34-26(32-24)23(28)18-31-34/h5-6,11,15-16,18,20-22,30H,4,7-10,12-14,17H2,1-3H3. The summed E-state index contributed by atoms with van der Waals surface area (Å²) in [4.78, 5) is 12.0. The van der Waals surface area contributed by atoms with E-state index in [0.29, 0.717) is 17.9 Å². The summed E-state index contributed by atoms with van der Waals surface area (Å²) in [6.45, 7) is 10.3. The molecule has 5 rings (SSSR count). The number of pyridine rings is 1. The van der Waals surface area contributed by atoms with Crippen LogP contribution in [0.4, 0.5) is 5.82 Å². The van der Waals surface area contributed by atoms with Gasteiger partial charge in [-0.3, -0.25) is 4.98 Å². The molecule has 0 radical (unpaired) electrons. The van der Waals surface area contributed by atoms with Crippen LogP contribution in [0.15, 0.2) is 41.3 Å². The van der Waals surface area contributed by atoms with E-state index in [1.54, 1.807) is 6.20 Å². The summed E-state index contributed by atoms with van der Waals surface area (Å²) in [6, 6.07) is 7.04. The Kier molecular flexibility index (Phi) is 6.94. The lowest BCUT2D eigenvalue weighted by atomic mass is 9.75. The van der Waals surface area contributed by atoms with Crippen LogP contribution in [-0.2, 0) is 6.54 Å². The Morgan fingerprint density at radius 2 is 1.97 bits per heavy atom. The first-order valence-corrected chi connectivity index (χ1v) is 13.6. The zero-order valence-electron chi connectivity index (χ0n) is 20.7. The van der Waals surface area contributed by atoms with E-state index >= 15 is 0 Å². The van der Waals surface area contributed by atoms with Gasteiger partial charge in [-0.15, -0.1) is 0 Å². The van der Waals surface area contributed by atoms with E-state index in [-0.39, 0.29) is 0 Å². The number of piperidine rings is 1. The van der Waals surface area contributed by atoms with Crippen molar-refractivity contribution in [3.05, 3.63) is 52.5 Å². The van der Waals surface area contributed by atoms with E-state index in [9.17, 15) is 0 Å². The molecular weight excluding hydrogens is 488 g/mol. The highest BCUT2D eigenvalue weighted by Crippen LogP contribution is 2.44. The zero-order valence-corrected chi connectivity index (χ0v) is 22.3. The predicted octanol–water partition coefficient (Wildman–Crippen LogP) is 6.28. The molecule has 3 aromatic heterocycles. The minimum absolute atomic E-state index is 0.476. The number of fused-ring (bicyclic) bond motifs is 1. The lowest BCUT2D eigenvalue weighted by Crippen LogP contribution is -2.40. The number of halogens is 1. The highest BCUT2D eigenvalue weighted by molar-refractivity contribution is 9.10. The molecular formula is C27H37BrN6. The van der Waals surface area contributed by atoms with E-state index in [2.05, 4.69) is 69.1 Å². The van der Waals surface area contributed by atoms with Crippen LogP contribution in [-0.4, -0.2) is 43.6 Å². The SMILES string of the molecule is CCC(C)(C)C1CCC(N2CCC(c3cc(NCc4cccnc4)n4ncc(Br)c4n3)CC2)C1. The van der Waals surface area contributed by atoms with Crippen LogP contribution >= 0.6 is 15.9 Å². The Morgan fingerprint density at radius 3 is 2.71 bits per heavy atom. The monoisotopic (exact) mass is 524 g/mol. The van der Waals surface area contributed by atoms with Gasteiger partial charge in [0.2, 0.25) is 0 Å². The second kappa shape index (κ2) is 9.94. The topological polar surface area (TPSA) is 58.4 Å². The smallest absolute Gasteiger partial charge is 0.171 e. The quantitative estimate of drug-likeness (QED) is 0.393. The highest BCUT2D eigenvalue weighted by Gasteiger charge is 2.38. The van der Waals surface area contributed by atoms with Gasteiger partial charge >= 0.3 is 0 Å². The minimum atomic E-state index is 0.476. The number of nitrogens with zero attached hydrogens (tertiary/aromatic N) is 5. The van der Waals surface area contributed by atoms with Crippen LogP contribution in [0.3, 0.4) is 0 Å². The molecule has 0 aromatic carbocycles. The van der Waals surface area contributed by atoms with E-state index < -0.39 is 0 Å². The summed E-state index contributed by atoms with van der Waals surface area (Å²) in [5.74, 6) is 2.35. The largest absolute Gasteiger partial charge is 0.366 e. The molecule has 3 aromatic rings. The van der Waals surface area contributed by atoms with Crippen LogP contribution in [0.5, 0.6) is 0 Å². The third-order valence-corrected chi connectivity index (χ3v) is 9.09. The van der Waals surface area contributed by atoms with Crippen molar-refractivity contribution in [3.8, 4) is 0 Å². The van der Waals surface area contributed by atoms with Crippen LogP contribution in [0, 0.1) is 11.3 Å². The van der Waals surface area contributed by atoms with Gasteiger partial charge < -0.3 is 10.2 Å². The summed E-state index contributed by atoms with van der Waals surface area (Å²) < 4.78 is 2.83. The van der Waals surface area contributed by atoms with Crippen molar-refractivity contribution >= 4 is 27.4 Å². The van der Waals surface area contributed by atoms with Gasteiger partial charge in [-0.25, -0.2) is 4.98 Å². The van der Waals surface area contributed by atoms with Crippen molar-refractivity contribution in [1.29, 1.82) is 0 Å². The van der Waals surface area contributed by atoms with Crippen molar-refractivity contribution in [1.82, 2.24) is 24.5 Å². The molecule has 0 spiro atoms. The Labute approximate surface area is 211 Å². The number of likely N-dealkylation sites (tertiary alicyclic amines) is 1. The Balaban J connectivity index is 1.27. The molecule has 1 aliphatic heterocycles. The van der Waals surface area contributed by atoms with Crippen LogP contribution in [0.25, 0.3) is 5.65 Å². The number of rotatable bonds is 7. The van der Waals surface area contributed by atoms with Gasteiger partial charge in [0.05, 0.1) is 10.7 Å². The summed E-state index contributed by atoms with van der Waals surface area (Å²) in [6.07, 6.45) is 13.3. The van der Waals surface area contributed by atoms with E-state index in [1.165, 1.54) is 57.3 Å². The predicted molar refractivity (Wildman–Crippen MR) is 141 cm³/mol. The fourth-order valence-corrected chi connectivity index (χ4v) is 6.18. The van der Waals surface area contributed by atoms with Crippen LogP contribution in [0.2, 0.25) is 0 Å². The zero-order chi connectivity index (χ0) is 23.7. The van der Waals surface area contributed by atoms with E-state index in [0.717, 1.165) is 33.5 Å². The minimum Gasteiger partial charge on any atom is -0.366 e. The fraction of sp³-hybridized carbons (Fsp3) is 0.593. The maximum absolute atomic E-state index is 5.03. The summed E-state index contributed by atoms with van der Waals surface area (Å²) in [7, 11) is 0. The average molecular weight is 526 g/mol. The molecule has 0 bridgehead atoms. The second-order valence-corrected chi connectivity index (χ2v) is 11.7. The molecule has 4 heterocycles. The summed E-state index contributed by atoms with van der Waals surface area (Å²) >= 11 is 3.65. The van der Waals surface area contributed by atoms with E-state index in [1.807, 2.05) is 23.0 Å². The lowest BCUT2D eigenvalue weighted by Gasteiger charge is -2.37. The van der Waals surface area contributed by atoms with Crippen molar-refractivity contribution in [2.45, 2.75) is 77.8 Å². The van der Waals surface area contributed by atoms with Gasteiger partial charge in [-0.1, -0.05) is 33.3 Å². The van der Waals surface area contributed by atoms with E-state index in [4.69, 9.17) is 4.98 Å². The fourth-order valence-electron chi connectivity index (χ4n) is 5.83. The van der Waals surface area contributed by atoms with Crippen LogP contribution < -0.4 is 5.32 Å². The molecule has 2 aliphatic rings. The van der Waals surface area contributed by atoms with Gasteiger partial charge in [0.1, 0.15) is 5.82 Å². The van der Waals surface area contributed by atoms with Crippen molar-refractivity contribution in [2.24, 2.45) is 11.3 Å². The molecule has 2 atom stereocenters. The Morgan fingerprint density at radius 1 is 1.15 bits per heavy atom. The molecule has 1 N–H and O–H groups in total. The number of hydrogen-bond donors (Lipinski definition) is 1. The van der Waals surface area contributed by atoms with Crippen molar-refractivity contribution < 1.29 is 0 Å². The van der Waals surface area contributed by atoms with Crippen molar-refractivity contribution in [2.75, 3.05) is 18.4 Å². The third kappa shape index (κ3) is 4.87. The molecule has 6 nitrogen and oxygen atoms in total. The first-order chi connectivity index (χ1) is 16.4. The summed E-state index contributed by atoms with van der Waals surface area (Å²) in [5, 5.41) is 8.10. The number of aromatic nitrogens is 4. The molecule has 2 fully saturated rings. The normalized spacial score (nSPS) is 22.5. The Hall–Kier alpha value is -1.99. The molecule has 2 unspecified atom stereocenters. The number of hydrogen-bond acceptors (Lipinski definition) is 5. The molecule has 1 aliphatic carbocycles. The lowest BCUT2D eigenvalue weighted by molar-refractivity contribution is 0.136. The Bertz CT molecular complexity index is 1100. The first kappa shape index (κ1) is 23.7. The summed E-state index contributed by atoms with van der Waals surface area (Å²) in [5.41, 5.74) is 3.69. The molecule has 1 saturated heterocycles. The maximum Gasteiger partial charge on any atom is 0.171 e. The second-order valence-electron chi connectivity index (χ2n) is 10.8. The molecule has 1 saturated carbocycles. The van der Waals surface area contributed by atoms with Crippen molar-refractivity contribution in [3.63, 3.8) is 0 Å². The average Bonchev–Trinajstić information content (AvgIpc) is 3.51. The first-order valence-electron chi connectivity index (χ1n) is 12.9. The van der Waals surface area contributed by atoms with Gasteiger partial charge in [0, 0.05) is 42.7 Å². The van der Waals surface area contributed by atoms with Gasteiger partial charge in [0.15, 0.2) is 5.65 Å². The number of anilines is 1. The highest BCUT2D eigenvalue weighted by atomic mass is 79.9. The third-order valence-electron chi connectivity index (χ3n) is 8.53. The molecule has 0 amide bonds. The molecule has 182 valence electrons. The maximum atomic E-state index is 5.03. The van der Waals surface area contributed by atoms with Gasteiger partial charge in [0.25, 0.3) is 0 Å². The number of nitrogens with one attached hydrogen (secondary N) is 1. The molecule has 34 heavy (non-hydrogen) atoms. The molecule has 7 heteroatoms. The van der Waals surface area contributed by atoms with Gasteiger partial charge in [-0.2, -0.15) is 9.61 Å². The van der Waals surface area contributed by atoms with Crippen LogP contribution in [0.1, 0.15) is 76.5 Å². The van der Waals surface area contributed by atoms with Gasteiger partial charge in [-0.05, 0) is 84.1 Å².